The van der Waals surface area contributed by atoms with E-state index in [9.17, 15) is 13.2 Å². The van der Waals surface area contributed by atoms with E-state index in [1.807, 2.05) is 0 Å². The van der Waals surface area contributed by atoms with Crippen LogP contribution in [0.25, 0.3) is 0 Å². The fourth-order valence-corrected chi connectivity index (χ4v) is 3.62. The standard InChI is InChI=1S/C17H19NO5S/c1-18(14-7-5-6-13(12-14)10-11-17(19)20)24(21,22)16-9-4-3-8-15(16)23-2/h3-9,12H,10-11H2,1-2H3,(H,19,20). The van der Waals surface area contributed by atoms with Crippen LogP contribution in [0.15, 0.2) is 53.4 Å². The largest absolute Gasteiger partial charge is 0.495 e. The van der Waals surface area contributed by atoms with Crippen LogP contribution in [0.2, 0.25) is 0 Å². The van der Waals surface area contributed by atoms with Gasteiger partial charge >= 0.3 is 5.97 Å². The molecule has 0 atom stereocenters. The predicted octanol–water partition coefficient (Wildman–Crippen LogP) is 2.54. The number of carbonyl (C=O) groups is 1. The van der Waals surface area contributed by atoms with Crippen LogP contribution in [-0.4, -0.2) is 33.7 Å². The fourth-order valence-electron chi connectivity index (χ4n) is 2.28. The molecule has 0 saturated heterocycles. The number of aryl methyl sites for hydroxylation is 1. The van der Waals surface area contributed by atoms with Crippen molar-refractivity contribution in [1.82, 2.24) is 0 Å². The third-order valence-corrected chi connectivity index (χ3v) is 5.43. The van der Waals surface area contributed by atoms with E-state index in [4.69, 9.17) is 9.84 Å². The normalized spacial score (nSPS) is 11.1. The Morgan fingerprint density at radius 3 is 2.54 bits per heavy atom. The van der Waals surface area contributed by atoms with Crippen LogP contribution in [0.4, 0.5) is 5.69 Å². The molecule has 0 heterocycles. The molecule has 2 aromatic rings. The Hall–Kier alpha value is -2.54. The van der Waals surface area contributed by atoms with E-state index in [0.717, 1.165) is 9.87 Å². The molecule has 0 spiro atoms. The van der Waals surface area contributed by atoms with Crippen molar-refractivity contribution in [2.45, 2.75) is 17.7 Å². The van der Waals surface area contributed by atoms with Gasteiger partial charge in [0.05, 0.1) is 12.8 Å². The van der Waals surface area contributed by atoms with Crippen LogP contribution in [-0.2, 0) is 21.2 Å². The summed E-state index contributed by atoms with van der Waals surface area (Å²) in [5, 5.41) is 8.77. The molecule has 0 amide bonds. The maximum absolute atomic E-state index is 12.8. The van der Waals surface area contributed by atoms with Crippen LogP contribution < -0.4 is 9.04 Å². The zero-order valence-corrected chi connectivity index (χ0v) is 14.3. The predicted molar refractivity (Wildman–Crippen MR) is 91.0 cm³/mol. The molecular weight excluding hydrogens is 330 g/mol. The number of rotatable bonds is 7. The topological polar surface area (TPSA) is 83.9 Å². The smallest absolute Gasteiger partial charge is 0.303 e. The third kappa shape index (κ3) is 3.86. The van der Waals surface area contributed by atoms with Crippen LogP contribution in [0.1, 0.15) is 12.0 Å². The molecule has 24 heavy (non-hydrogen) atoms. The molecular formula is C17H19NO5S. The van der Waals surface area contributed by atoms with E-state index in [-0.39, 0.29) is 17.1 Å². The van der Waals surface area contributed by atoms with Crippen molar-refractivity contribution in [3.63, 3.8) is 0 Å². The van der Waals surface area contributed by atoms with E-state index in [1.165, 1.54) is 20.2 Å². The van der Waals surface area contributed by atoms with Crippen molar-refractivity contribution in [2.75, 3.05) is 18.5 Å². The van der Waals surface area contributed by atoms with Gasteiger partial charge in [-0.05, 0) is 36.2 Å². The minimum absolute atomic E-state index is 0.00751. The highest BCUT2D eigenvalue weighted by Crippen LogP contribution is 2.29. The van der Waals surface area contributed by atoms with Gasteiger partial charge in [-0.1, -0.05) is 24.3 Å². The lowest BCUT2D eigenvalue weighted by molar-refractivity contribution is -0.136. The number of benzene rings is 2. The van der Waals surface area contributed by atoms with Crippen LogP contribution in [0.3, 0.4) is 0 Å². The van der Waals surface area contributed by atoms with E-state index >= 15 is 0 Å². The highest BCUT2D eigenvalue weighted by molar-refractivity contribution is 7.92. The number of carboxylic acid groups (broad SMARTS) is 1. The highest BCUT2D eigenvalue weighted by Gasteiger charge is 2.25. The lowest BCUT2D eigenvalue weighted by atomic mass is 10.1. The molecule has 6 nitrogen and oxygen atoms in total. The van der Waals surface area contributed by atoms with Crippen molar-refractivity contribution in [3.8, 4) is 5.75 Å². The summed E-state index contributed by atoms with van der Waals surface area (Å²) in [5.74, 6) is -0.623. The number of para-hydroxylation sites is 1. The van der Waals surface area contributed by atoms with Crippen LogP contribution in [0.5, 0.6) is 5.75 Å². The van der Waals surface area contributed by atoms with Crippen molar-refractivity contribution in [1.29, 1.82) is 0 Å². The molecule has 0 aromatic heterocycles. The molecule has 0 fully saturated rings. The molecule has 2 rings (SSSR count). The second kappa shape index (κ2) is 7.35. The molecule has 1 N–H and O–H groups in total. The van der Waals surface area contributed by atoms with Crippen molar-refractivity contribution >= 4 is 21.7 Å². The highest BCUT2D eigenvalue weighted by atomic mass is 32.2. The van der Waals surface area contributed by atoms with Gasteiger partial charge in [0, 0.05) is 13.5 Å². The first-order chi connectivity index (χ1) is 11.4. The summed E-state index contributed by atoms with van der Waals surface area (Å²) < 4.78 is 32.0. The minimum Gasteiger partial charge on any atom is -0.495 e. The maximum Gasteiger partial charge on any atom is 0.303 e. The Labute approximate surface area is 141 Å². The first-order valence-electron chi connectivity index (χ1n) is 7.29. The van der Waals surface area contributed by atoms with Gasteiger partial charge in [0.15, 0.2) is 0 Å². The van der Waals surface area contributed by atoms with Crippen molar-refractivity contribution < 1.29 is 23.1 Å². The number of hydrogen-bond donors (Lipinski definition) is 1. The lowest BCUT2D eigenvalue weighted by Gasteiger charge is -2.21. The number of carboxylic acids is 1. The summed E-state index contributed by atoms with van der Waals surface area (Å²) in [6, 6.07) is 13.2. The van der Waals surface area contributed by atoms with Gasteiger partial charge in [-0.15, -0.1) is 0 Å². The van der Waals surface area contributed by atoms with Gasteiger partial charge in [0.2, 0.25) is 0 Å². The first kappa shape index (κ1) is 17.8. The summed E-state index contributed by atoms with van der Waals surface area (Å²) in [6.07, 6.45) is 0.331. The number of aliphatic carboxylic acids is 1. The monoisotopic (exact) mass is 349 g/mol. The summed E-state index contributed by atoms with van der Waals surface area (Å²) in [5.41, 5.74) is 1.22. The van der Waals surface area contributed by atoms with E-state index in [2.05, 4.69) is 0 Å². The molecule has 0 aliphatic carbocycles. The summed E-state index contributed by atoms with van der Waals surface area (Å²) in [4.78, 5) is 10.8. The second-order valence-electron chi connectivity index (χ2n) is 5.19. The average molecular weight is 349 g/mol. The number of nitrogens with zero attached hydrogens (tertiary/aromatic N) is 1. The number of methoxy groups -OCH3 is 1. The summed E-state index contributed by atoms with van der Waals surface area (Å²) >= 11 is 0. The molecule has 0 saturated carbocycles. The Kier molecular flexibility index (Phi) is 5.46. The van der Waals surface area contributed by atoms with Crippen molar-refractivity contribution in [2.24, 2.45) is 0 Å². The average Bonchev–Trinajstić information content (AvgIpc) is 2.59. The molecule has 0 aliphatic rings. The maximum atomic E-state index is 12.8. The van der Waals surface area contributed by atoms with E-state index in [0.29, 0.717) is 12.1 Å². The Morgan fingerprint density at radius 1 is 1.17 bits per heavy atom. The van der Waals surface area contributed by atoms with Gasteiger partial charge in [-0.3, -0.25) is 9.10 Å². The Morgan fingerprint density at radius 2 is 1.88 bits per heavy atom. The third-order valence-electron chi connectivity index (χ3n) is 3.61. The minimum atomic E-state index is -3.79. The molecule has 0 unspecified atom stereocenters. The quantitative estimate of drug-likeness (QED) is 0.830. The number of anilines is 1. The van der Waals surface area contributed by atoms with Crippen LogP contribution in [0, 0.1) is 0 Å². The summed E-state index contributed by atoms with van der Waals surface area (Å²) in [6.45, 7) is 0. The molecule has 128 valence electrons. The van der Waals surface area contributed by atoms with Gasteiger partial charge in [-0.2, -0.15) is 0 Å². The number of ether oxygens (including phenoxy) is 1. The molecule has 0 aliphatic heterocycles. The number of sulfonamides is 1. The van der Waals surface area contributed by atoms with Gasteiger partial charge in [0.1, 0.15) is 10.6 Å². The zero-order chi connectivity index (χ0) is 17.7. The SMILES string of the molecule is COc1ccccc1S(=O)(=O)N(C)c1cccc(CCC(=O)O)c1. The number of hydrogen-bond acceptors (Lipinski definition) is 4. The Bertz CT molecular complexity index is 832. The van der Waals surface area contributed by atoms with Gasteiger partial charge < -0.3 is 9.84 Å². The zero-order valence-electron chi connectivity index (χ0n) is 13.5. The molecule has 0 radical (unpaired) electrons. The van der Waals surface area contributed by atoms with Crippen molar-refractivity contribution in [3.05, 3.63) is 54.1 Å². The second-order valence-corrected chi connectivity index (χ2v) is 7.12. The Balaban J connectivity index is 2.35. The van der Waals surface area contributed by atoms with Gasteiger partial charge in [0.25, 0.3) is 10.0 Å². The fraction of sp³-hybridized carbons (Fsp3) is 0.235. The lowest BCUT2D eigenvalue weighted by Crippen LogP contribution is -2.27. The molecule has 7 heteroatoms. The van der Waals surface area contributed by atoms with Crippen LogP contribution >= 0.6 is 0 Å². The summed E-state index contributed by atoms with van der Waals surface area (Å²) in [7, 11) is -0.917. The molecule has 2 aromatic carbocycles. The van der Waals surface area contributed by atoms with E-state index < -0.39 is 16.0 Å². The molecule has 0 bridgehead atoms. The van der Waals surface area contributed by atoms with E-state index in [1.54, 1.807) is 42.5 Å². The first-order valence-corrected chi connectivity index (χ1v) is 8.73. The van der Waals surface area contributed by atoms with Gasteiger partial charge in [-0.25, -0.2) is 8.42 Å².